The highest BCUT2D eigenvalue weighted by atomic mass is 32.2. The number of benzene rings is 2. The second kappa shape index (κ2) is 8.93. The van der Waals surface area contributed by atoms with Crippen molar-refractivity contribution in [2.75, 3.05) is 11.6 Å². The molecular formula is C19H15N3O6S2. The highest BCUT2D eigenvalue weighted by molar-refractivity contribution is 7.98. The normalized spacial score (nSPS) is 11.0. The second-order valence-corrected chi connectivity index (χ2v) is 8.23. The van der Waals surface area contributed by atoms with Crippen LogP contribution in [0, 0.1) is 10.1 Å². The molecule has 0 radical (unpaired) electrons. The summed E-state index contributed by atoms with van der Waals surface area (Å²) in [6, 6.07) is 13.5. The van der Waals surface area contributed by atoms with Gasteiger partial charge in [0.05, 0.1) is 21.8 Å². The molecule has 0 fully saturated rings. The van der Waals surface area contributed by atoms with Gasteiger partial charge < -0.3 is 9.50 Å². The summed E-state index contributed by atoms with van der Waals surface area (Å²) in [7, 11) is -4.27. The second-order valence-electron chi connectivity index (χ2n) is 5.86. The first kappa shape index (κ1) is 21.3. The van der Waals surface area contributed by atoms with E-state index >= 15 is 0 Å². The maximum absolute atomic E-state index is 12.4. The lowest BCUT2D eigenvalue weighted by Gasteiger charge is -2.08. The lowest BCUT2D eigenvalue weighted by molar-refractivity contribution is -0.385. The summed E-state index contributed by atoms with van der Waals surface area (Å²) in [6.07, 6.45) is 3.43. The fourth-order valence-electron chi connectivity index (χ4n) is 2.37. The maximum atomic E-state index is 12.4. The number of nitrogens with zero attached hydrogens (tertiary/aromatic N) is 2. The number of hydrogen-bond acceptors (Lipinski definition) is 8. The molecule has 0 spiro atoms. The number of aromatic nitrogens is 1. The molecule has 0 bridgehead atoms. The topological polar surface area (TPSA) is 128 Å². The Bertz CT molecular complexity index is 1180. The molecule has 11 heteroatoms. The number of nitrogens with one attached hydrogen (secondary N) is 1. The largest absolute Gasteiger partial charge is 0.379 e. The van der Waals surface area contributed by atoms with E-state index in [4.69, 9.17) is 4.18 Å². The van der Waals surface area contributed by atoms with Gasteiger partial charge in [0.15, 0.2) is 0 Å². The molecule has 0 saturated heterocycles. The van der Waals surface area contributed by atoms with E-state index in [0.29, 0.717) is 5.69 Å². The zero-order valence-corrected chi connectivity index (χ0v) is 17.1. The first-order valence-electron chi connectivity index (χ1n) is 8.39. The van der Waals surface area contributed by atoms with E-state index in [1.807, 2.05) is 6.26 Å². The number of pyridine rings is 1. The van der Waals surface area contributed by atoms with E-state index in [1.54, 1.807) is 12.1 Å². The third-order valence-electron chi connectivity index (χ3n) is 3.84. The van der Waals surface area contributed by atoms with E-state index in [2.05, 4.69) is 10.3 Å². The molecule has 3 aromatic rings. The Labute approximate surface area is 176 Å². The zero-order valence-electron chi connectivity index (χ0n) is 15.5. The van der Waals surface area contributed by atoms with Crippen molar-refractivity contribution in [2.24, 2.45) is 0 Å². The fourth-order valence-corrected chi connectivity index (χ4v) is 3.70. The van der Waals surface area contributed by atoms with Crippen LogP contribution in [0.4, 0.5) is 11.4 Å². The van der Waals surface area contributed by atoms with Crippen LogP contribution in [0.25, 0.3) is 0 Å². The molecule has 1 N–H and O–H groups in total. The number of rotatable bonds is 7. The molecule has 0 atom stereocenters. The Balaban J connectivity index is 1.71. The first-order chi connectivity index (χ1) is 14.3. The van der Waals surface area contributed by atoms with Gasteiger partial charge in [0.25, 0.3) is 11.6 Å². The molecule has 30 heavy (non-hydrogen) atoms. The summed E-state index contributed by atoms with van der Waals surface area (Å²) in [5.74, 6) is -0.439. The number of nitro benzene ring substituents is 1. The Morgan fingerprint density at radius 2 is 1.87 bits per heavy atom. The summed E-state index contributed by atoms with van der Waals surface area (Å²) >= 11 is 1.48. The molecule has 0 saturated carbocycles. The number of anilines is 1. The van der Waals surface area contributed by atoms with Gasteiger partial charge in [-0.2, -0.15) is 8.42 Å². The Morgan fingerprint density at radius 3 is 2.47 bits per heavy atom. The Morgan fingerprint density at radius 1 is 1.13 bits per heavy atom. The number of carbonyl (C=O) groups excluding carboxylic acids is 1. The lowest BCUT2D eigenvalue weighted by atomic mass is 10.2. The number of amides is 1. The van der Waals surface area contributed by atoms with Gasteiger partial charge in [0.1, 0.15) is 10.6 Å². The van der Waals surface area contributed by atoms with Crippen molar-refractivity contribution in [3.05, 3.63) is 82.5 Å². The van der Waals surface area contributed by atoms with Crippen LogP contribution >= 0.6 is 11.8 Å². The van der Waals surface area contributed by atoms with Crippen LogP contribution in [0.3, 0.4) is 0 Å². The molecule has 0 aliphatic rings. The van der Waals surface area contributed by atoms with Crippen LogP contribution in [0.1, 0.15) is 10.4 Å². The highest BCUT2D eigenvalue weighted by Crippen LogP contribution is 2.23. The summed E-state index contributed by atoms with van der Waals surface area (Å²) in [4.78, 5) is 26.3. The van der Waals surface area contributed by atoms with E-state index in [1.165, 1.54) is 60.4 Å². The predicted molar refractivity (Wildman–Crippen MR) is 111 cm³/mol. The van der Waals surface area contributed by atoms with E-state index in [9.17, 15) is 23.3 Å². The molecule has 3 rings (SSSR count). The van der Waals surface area contributed by atoms with Gasteiger partial charge in [0, 0.05) is 17.7 Å². The van der Waals surface area contributed by atoms with Crippen molar-refractivity contribution in [2.45, 2.75) is 9.92 Å². The van der Waals surface area contributed by atoms with Gasteiger partial charge in [-0.1, -0.05) is 6.07 Å². The van der Waals surface area contributed by atoms with Crippen LogP contribution < -0.4 is 9.50 Å². The van der Waals surface area contributed by atoms with Gasteiger partial charge in [-0.05, 0) is 48.7 Å². The van der Waals surface area contributed by atoms with Crippen molar-refractivity contribution in [3.8, 4) is 5.75 Å². The number of hydrogen-bond donors (Lipinski definition) is 1. The lowest BCUT2D eigenvalue weighted by Crippen LogP contribution is -2.13. The zero-order chi connectivity index (χ0) is 21.7. The summed E-state index contributed by atoms with van der Waals surface area (Å²) < 4.78 is 29.7. The molecule has 1 heterocycles. The molecule has 0 aliphatic heterocycles. The van der Waals surface area contributed by atoms with Crippen LogP contribution in [0.2, 0.25) is 0 Å². The maximum Gasteiger partial charge on any atom is 0.339 e. The van der Waals surface area contributed by atoms with Crippen LogP contribution in [0.15, 0.2) is 76.8 Å². The fraction of sp³-hybridized carbons (Fsp3) is 0.0526. The summed E-state index contributed by atoms with van der Waals surface area (Å²) in [5.41, 5.74) is 0.433. The molecule has 2 aromatic carbocycles. The first-order valence-corrected chi connectivity index (χ1v) is 11.0. The third-order valence-corrected chi connectivity index (χ3v) is 5.75. The molecular weight excluding hydrogens is 430 g/mol. The molecule has 1 amide bonds. The predicted octanol–water partition coefficient (Wildman–Crippen LogP) is 3.73. The number of nitro groups is 1. The van der Waals surface area contributed by atoms with Crippen LogP contribution in [-0.4, -0.2) is 30.5 Å². The molecule has 0 aliphatic carbocycles. The van der Waals surface area contributed by atoms with Crippen LogP contribution in [0.5, 0.6) is 5.75 Å². The van der Waals surface area contributed by atoms with Crippen molar-refractivity contribution >= 4 is 39.2 Å². The SMILES string of the molecule is CSc1ccc(NC(=O)c2ccc(OS(=O)(=O)c3cccc([N+](=O)[O-])c3)cc2)cn1. The summed E-state index contributed by atoms with van der Waals surface area (Å²) in [6.45, 7) is 0. The third kappa shape index (κ3) is 5.13. The van der Waals surface area contributed by atoms with Gasteiger partial charge in [0.2, 0.25) is 0 Å². The molecule has 1 aromatic heterocycles. The quantitative estimate of drug-likeness (QED) is 0.252. The summed E-state index contributed by atoms with van der Waals surface area (Å²) in [5, 5.41) is 14.3. The van der Waals surface area contributed by atoms with Crippen LogP contribution in [-0.2, 0) is 10.1 Å². The molecule has 9 nitrogen and oxygen atoms in total. The average Bonchev–Trinajstić information content (AvgIpc) is 2.74. The van der Waals surface area contributed by atoms with Crippen molar-refractivity contribution in [3.63, 3.8) is 0 Å². The van der Waals surface area contributed by atoms with Crippen molar-refractivity contribution < 1.29 is 22.3 Å². The van der Waals surface area contributed by atoms with Gasteiger partial charge in [-0.25, -0.2) is 4.98 Å². The van der Waals surface area contributed by atoms with Gasteiger partial charge in [-0.3, -0.25) is 14.9 Å². The van der Waals surface area contributed by atoms with E-state index in [-0.39, 0.29) is 21.9 Å². The van der Waals surface area contributed by atoms with E-state index in [0.717, 1.165) is 11.1 Å². The molecule has 154 valence electrons. The average molecular weight is 445 g/mol. The number of carbonyl (C=O) groups is 1. The minimum atomic E-state index is -4.27. The minimum Gasteiger partial charge on any atom is -0.379 e. The van der Waals surface area contributed by atoms with Crippen molar-refractivity contribution in [1.29, 1.82) is 0 Å². The monoisotopic (exact) mass is 445 g/mol. The molecule has 0 unspecified atom stereocenters. The van der Waals surface area contributed by atoms with Crippen molar-refractivity contribution in [1.82, 2.24) is 4.98 Å². The van der Waals surface area contributed by atoms with Gasteiger partial charge >= 0.3 is 10.1 Å². The van der Waals surface area contributed by atoms with Gasteiger partial charge in [-0.15, -0.1) is 11.8 Å². The Kier molecular flexibility index (Phi) is 6.33. The highest BCUT2D eigenvalue weighted by Gasteiger charge is 2.20. The number of non-ortho nitro benzene ring substituents is 1. The Hall–Kier alpha value is -3.44. The van der Waals surface area contributed by atoms with E-state index < -0.39 is 20.9 Å². The number of thioether (sulfide) groups is 1. The minimum absolute atomic E-state index is 0.0379. The standard InChI is InChI=1S/C19H15N3O6S2/c1-29-18-10-7-14(12-20-18)21-19(23)13-5-8-16(9-6-13)28-30(26,27)17-4-2-3-15(11-17)22(24)25/h2-12H,1H3,(H,21,23). The smallest absolute Gasteiger partial charge is 0.339 e.